The minimum atomic E-state index is 0. The lowest BCUT2D eigenvalue weighted by molar-refractivity contribution is 0.297. The number of hydrogen-bond donors (Lipinski definition) is 2. The van der Waals surface area contributed by atoms with Crippen molar-refractivity contribution < 1.29 is 9.47 Å². The van der Waals surface area contributed by atoms with E-state index in [1.807, 2.05) is 18.2 Å². The van der Waals surface area contributed by atoms with Crippen molar-refractivity contribution in [2.24, 2.45) is 4.99 Å². The summed E-state index contributed by atoms with van der Waals surface area (Å²) < 4.78 is 11.4. The Hall–Kier alpha value is -1.96. The largest absolute Gasteiger partial charge is 0.490 e. The Morgan fingerprint density at radius 1 is 1.04 bits per heavy atom. The van der Waals surface area contributed by atoms with Crippen LogP contribution in [-0.4, -0.2) is 25.7 Å². The van der Waals surface area contributed by atoms with Crippen molar-refractivity contribution in [3.05, 3.63) is 59.2 Å². The Balaban J connectivity index is 0.00000261. The maximum absolute atomic E-state index is 5.76. The molecule has 0 saturated heterocycles. The van der Waals surface area contributed by atoms with Gasteiger partial charge in [0.1, 0.15) is 0 Å². The minimum absolute atomic E-state index is 0. The Bertz CT molecular complexity index is 765. The van der Waals surface area contributed by atoms with Crippen molar-refractivity contribution in [2.75, 3.05) is 19.8 Å². The van der Waals surface area contributed by atoms with E-state index < -0.39 is 0 Å². The van der Waals surface area contributed by atoms with Gasteiger partial charge in [-0.3, -0.25) is 0 Å². The molecule has 0 aliphatic carbocycles. The zero-order chi connectivity index (χ0) is 18.2. The third kappa shape index (κ3) is 6.30. The predicted molar refractivity (Wildman–Crippen MR) is 120 cm³/mol. The molecule has 1 heterocycles. The molecule has 2 N–H and O–H groups in total. The van der Waals surface area contributed by atoms with Crippen LogP contribution in [-0.2, 0) is 13.1 Å². The van der Waals surface area contributed by atoms with E-state index in [-0.39, 0.29) is 24.0 Å². The van der Waals surface area contributed by atoms with Crippen molar-refractivity contribution >= 4 is 29.9 Å². The molecular formula is C21H28IN3O2. The van der Waals surface area contributed by atoms with E-state index in [1.54, 1.807) is 0 Å². The van der Waals surface area contributed by atoms with E-state index in [1.165, 1.54) is 11.1 Å². The highest BCUT2D eigenvalue weighted by molar-refractivity contribution is 14.0. The molecule has 0 radical (unpaired) electrons. The number of fused-ring (bicyclic) bond motifs is 1. The smallest absolute Gasteiger partial charge is 0.191 e. The van der Waals surface area contributed by atoms with Gasteiger partial charge >= 0.3 is 0 Å². The first-order valence-corrected chi connectivity index (χ1v) is 9.21. The first kappa shape index (κ1) is 21.3. The van der Waals surface area contributed by atoms with Crippen molar-refractivity contribution in [3.63, 3.8) is 0 Å². The number of nitrogens with zero attached hydrogens (tertiary/aromatic N) is 1. The van der Waals surface area contributed by atoms with Crippen molar-refractivity contribution in [1.82, 2.24) is 10.6 Å². The van der Waals surface area contributed by atoms with Crippen molar-refractivity contribution in [1.29, 1.82) is 0 Å². The molecule has 6 heteroatoms. The molecule has 146 valence electrons. The molecule has 0 aromatic heterocycles. The van der Waals surface area contributed by atoms with E-state index in [4.69, 9.17) is 14.5 Å². The quantitative estimate of drug-likeness (QED) is 0.385. The molecule has 0 unspecified atom stereocenters. The summed E-state index contributed by atoms with van der Waals surface area (Å²) in [5.74, 6) is 2.44. The van der Waals surface area contributed by atoms with Gasteiger partial charge in [-0.15, -0.1) is 24.0 Å². The fourth-order valence-corrected chi connectivity index (χ4v) is 2.81. The second-order valence-electron chi connectivity index (χ2n) is 6.31. The van der Waals surface area contributed by atoms with Gasteiger partial charge in [0.2, 0.25) is 0 Å². The molecule has 27 heavy (non-hydrogen) atoms. The molecule has 1 aliphatic rings. The summed E-state index contributed by atoms with van der Waals surface area (Å²) in [6.07, 6.45) is 0.912. The highest BCUT2D eigenvalue weighted by Gasteiger charge is 2.10. The normalized spacial score (nSPS) is 13.3. The lowest BCUT2D eigenvalue weighted by atomic mass is 10.1. The van der Waals surface area contributed by atoms with Gasteiger partial charge in [-0.25, -0.2) is 4.99 Å². The molecule has 0 saturated carbocycles. The van der Waals surface area contributed by atoms with E-state index in [0.29, 0.717) is 19.8 Å². The van der Waals surface area contributed by atoms with Crippen LogP contribution in [0.15, 0.2) is 47.5 Å². The highest BCUT2D eigenvalue weighted by atomic mass is 127. The average Bonchev–Trinajstić information content (AvgIpc) is 2.90. The van der Waals surface area contributed by atoms with Crippen LogP contribution in [0.3, 0.4) is 0 Å². The molecule has 0 bridgehead atoms. The predicted octanol–water partition coefficient (Wildman–Crippen LogP) is 4.03. The van der Waals surface area contributed by atoms with Gasteiger partial charge in [-0.05, 0) is 42.7 Å². The topological polar surface area (TPSA) is 54.9 Å². The van der Waals surface area contributed by atoms with Crippen LogP contribution in [0.1, 0.15) is 30.0 Å². The number of hydrogen-bond acceptors (Lipinski definition) is 3. The highest BCUT2D eigenvalue weighted by Crippen LogP contribution is 2.30. The maximum atomic E-state index is 5.76. The van der Waals surface area contributed by atoms with Crippen molar-refractivity contribution in [2.45, 2.75) is 33.4 Å². The summed E-state index contributed by atoms with van der Waals surface area (Å²) in [4.78, 5) is 4.70. The summed E-state index contributed by atoms with van der Waals surface area (Å²) in [5.41, 5.74) is 3.65. The maximum Gasteiger partial charge on any atom is 0.191 e. The summed E-state index contributed by atoms with van der Waals surface area (Å²) >= 11 is 0. The van der Waals surface area contributed by atoms with Crippen molar-refractivity contribution in [3.8, 4) is 11.5 Å². The number of aliphatic imine (C=N–C) groups is 1. The molecule has 5 nitrogen and oxygen atoms in total. The first-order chi connectivity index (χ1) is 12.8. The molecule has 0 spiro atoms. The number of aryl methyl sites for hydroxylation is 1. The van der Waals surface area contributed by atoms with Crippen LogP contribution in [0.4, 0.5) is 0 Å². The lowest BCUT2D eigenvalue weighted by Gasteiger charge is -2.13. The van der Waals surface area contributed by atoms with Gasteiger partial charge in [0.25, 0.3) is 0 Å². The molecule has 3 rings (SSSR count). The van der Waals surface area contributed by atoms with Crippen LogP contribution in [0.5, 0.6) is 11.5 Å². The second kappa shape index (κ2) is 11.0. The zero-order valence-electron chi connectivity index (χ0n) is 16.0. The summed E-state index contributed by atoms with van der Waals surface area (Å²) in [7, 11) is 0. The average molecular weight is 481 g/mol. The Labute approximate surface area is 178 Å². The lowest BCUT2D eigenvalue weighted by Crippen LogP contribution is -2.36. The second-order valence-corrected chi connectivity index (χ2v) is 6.31. The number of halogens is 1. The van der Waals surface area contributed by atoms with Gasteiger partial charge in [0.15, 0.2) is 17.5 Å². The minimum Gasteiger partial charge on any atom is -0.490 e. The summed E-state index contributed by atoms with van der Waals surface area (Å²) in [5, 5.41) is 6.70. The van der Waals surface area contributed by atoms with E-state index in [0.717, 1.165) is 42.5 Å². The SMILES string of the molecule is CCNC(=NCc1ccc2c(c1)OCCCO2)NCc1ccccc1C.I. The summed E-state index contributed by atoms with van der Waals surface area (Å²) in [6, 6.07) is 14.4. The molecule has 1 aliphatic heterocycles. The first-order valence-electron chi connectivity index (χ1n) is 9.21. The number of ether oxygens (including phenoxy) is 2. The zero-order valence-corrected chi connectivity index (χ0v) is 18.3. The van der Waals surface area contributed by atoms with Crippen LogP contribution in [0.25, 0.3) is 0 Å². The number of nitrogens with one attached hydrogen (secondary N) is 2. The monoisotopic (exact) mass is 481 g/mol. The van der Waals surface area contributed by atoms with E-state index in [9.17, 15) is 0 Å². The number of guanidine groups is 1. The van der Waals surface area contributed by atoms with Crippen LogP contribution in [0.2, 0.25) is 0 Å². The number of rotatable bonds is 5. The Morgan fingerprint density at radius 2 is 1.81 bits per heavy atom. The van der Waals surface area contributed by atoms with E-state index in [2.05, 4.69) is 48.7 Å². The van der Waals surface area contributed by atoms with Gasteiger partial charge in [-0.2, -0.15) is 0 Å². The van der Waals surface area contributed by atoms with Gasteiger partial charge in [0.05, 0.1) is 19.8 Å². The standard InChI is InChI=1S/C21H27N3O2.HI/c1-3-22-21(24-15-18-8-5-4-7-16(18)2)23-14-17-9-10-19-20(13-17)26-12-6-11-25-19;/h4-5,7-10,13H,3,6,11-12,14-15H2,1-2H3,(H2,22,23,24);1H. The molecule has 2 aromatic rings. The fraction of sp³-hybridized carbons (Fsp3) is 0.381. The van der Waals surface area contributed by atoms with Gasteiger partial charge in [0, 0.05) is 19.5 Å². The van der Waals surface area contributed by atoms with Crippen LogP contribution in [0, 0.1) is 6.92 Å². The summed E-state index contributed by atoms with van der Waals surface area (Å²) in [6.45, 7) is 7.75. The number of benzene rings is 2. The van der Waals surface area contributed by atoms with Crippen LogP contribution >= 0.6 is 24.0 Å². The van der Waals surface area contributed by atoms with Gasteiger partial charge < -0.3 is 20.1 Å². The van der Waals surface area contributed by atoms with Crippen LogP contribution < -0.4 is 20.1 Å². The molecule has 0 atom stereocenters. The molecule has 0 fully saturated rings. The third-order valence-electron chi connectivity index (χ3n) is 4.28. The molecule has 0 amide bonds. The Morgan fingerprint density at radius 3 is 2.59 bits per heavy atom. The molecule has 2 aromatic carbocycles. The van der Waals surface area contributed by atoms with E-state index >= 15 is 0 Å². The fourth-order valence-electron chi connectivity index (χ4n) is 2.81. The van der Waals surface area contributed by atoms with Gasteiger partial charge in [-0.1, -0.05) is 30.3 Å². The Kier molecular flexibility index (Phi) is 8.71. The molecular weight excluding hydrogens is 453 g/mol. The third-order valence-corrected chi connectivity index (χ3v) is 4.28.